The molecule has 2 heteroatoms. The van der Waals surface area contributed by atoms with Gasteiger partial charge in [-0.1, -0.05) is 60.7 Å². The fourth-order valence-electron chi connectivity index (χ4n) is 2.37. The molecule has 2 aromatic carbocycles. The summed E-state index contributed by atoms with van der Waals surface area (Å²) in [6.07, 6.45) is 3.77. The minimum atomic E-state index is 0. The number of nitrogens with zero attached hydrogens (tertiary/aromatic N) is 1. The van der Waals surface area contributed by atoms with Crippen LogP contribution in [0.2, 0.25) is 0 Å². The van der Waals surface area contributed by atoms with Crippen LogP contribution in [0.25, 0.3) is 0 Å². The van der Waals surface area contributed by atoms with Crippen molar-refractivity contribution in [2.45, 2.75) is 12.8 Å². The van der Waals surface area contributed by atoms with Gasteiger partial charge in [0.25, 0.3) is 0 Å². The van der Waals surface area contributed by atoms with Crippen molar-refractivity contribution in [2.24, 2.45) is 0 Å². The highest BCUT2D eigenvalue weighted by Gasteiger charge is 2.00. The highest BCUT2D eigenvalue weighted by atomic mass is 35.5. The van der Waals surface area contributed by atoms with Crippen LogP contribution in [0.15, 0.2) is 79.0 Å². The Morgan fingerprint density at radius 2 is 1.19 bits per heavy atom. The summed E-state index contributed by atoms with van der Waals surface area (Å²) in [6.45, 7) is 0. The predicted octanol–water partition coefficient (Wildman–Crippen LogP) is 4.69. The Kier molecular flexibility index (Phi) is 5.53. The van der Waals surface area contributed by atoms with Gasteiger partial charge in [-0.3, -0.25) is 4.98 Å². The van der Waals surface area contributed by atoms with E-state index in [0.29, 0.717) is 0 Å². The fourth-order valence-corrected chi connectivity index (χ4v) is 2.37. The molecule has 0 aliphatic rings. The third kappa shape index (κ3) is 4.44. The standard InChI is InChI=1S/C19H17N.ClH/c1-3-7-16(8-4-1)13-18-11-12-20-19(15-18)14-17-9-5-2-6-10-17;/h1-12,15H,13-14H2;1H. The van der Waals surface area contributed by atoms with Crippen molar-refractivity contribution in [1.29, 1.82) is 0 Å². The normalized spacial score (nSPS) is 9.90. The molecular weight excluding hydrogens is 278 g/mol. The maximum Gasteiger partial charge on any atom is 0.0450 e. The van der Waals surface area contributed by atoms with Crippen LogP contribution in [0.5, 0.6) is 0 Å². The Balaban J connectivity index is 0.00000161. The molecule has 0 unspecified atom stereocenters. The van der Waals surface area contributed by atoms with Crippen LogP contribution in [0.1, 0.15) is 22.4 Å². The van der Waals surface area contributed by atoms with Crippen molar-refractivity contribution in [3.05, 3.63) is 101 Å². The van der Waals surface area contributed by atoms with E-state index in [1.807, 2.05) is 12.3 Å². The van der Waals surface area contributed by atoms with E-state index in [1.165, 1.54) is 16.7 Å². The quantitative estimate of drug-likeness (QED) is 0.681. The van der Waals surface area contributed by atoms with Gasteiger partial charge in [-0.2, -0.15) is 0 Å². The second-order valence-corrected chi connectivity index (χ2v) is 4.98. The first-order valence-electron chi connectivity index (χ1n) is 6.92. The second kappa shape index (κ2) is 7.61. The minimum absolute atomic E-state index is 0. The van der Waals surface area contributed by atoms with Crippen LogP contribution < -0.4 is 0 Å². The highest BCUT2D eigenvalue weighted by molar-refractivity contribution is 5.85. The van der Waals surface area contributed by atoms with Crippen LogP contribution in [-0.4, -0.2) is 4.98 Å². The SMILES string of the molecule is Cl.c1ccc(Cc2ccnc(Cc3ccccc3)c2)cc1. The van der Waals surface area contributed by atoms with Gasteiger partial charge < -0.3 is 0 Å². The summed E-state index contributed by atoms with van der Waals surface area (Å²) < 4.78 is 0. The minimum Gasteiger partial charge on any atom is -0.261 e. The molecule has 0 saturated carbocycles. The molecule has 0 aliphatic heterocycles. The molecule has 1 aromatic heterocycles. The number of halogens is 1. The van der Waals surface area contributed by atoms with Gasteiger partial charge in [0.2, 0.25) is 0 Å². The predicted molar refractivity (Wildman–Crippen MR) is 90.0 cm³/mol. The number of benzene rings is 2. The molecule has 0 saturated heterocycles. The zero-order chi connectivity index (χ0) is 13.6. The lowest BCUT2D eigenvalue weighted by Crippen LogP contribution is -1.95. The molecule has 0 bridgehead atoms. The summed E-state index contributed by atoms with van der Waals surface area (Å²) in [5.41, 5.74) is 5.09. The molecule has 0 N–H and O–H groups in total. The molecule has 3 rings (SSSR count). The maximum absolute atomic E-state index is 4.48. The van der Waals surface area contributed by atoms with Crippen LogP contribution in [0.4, 0.5) is 0 Å². The smallest absolute Gasteiger partial charge is 0.0450 e. The Morgan fingerprint density at radius 1 is 0.619 bits per heavy atom. The average molecular weight is 296 g/mol. The van der Waals surface area contributed by atoms with E-state index in [0.717, 1.165) is 18.5 Å². The zero-order valence-electron chi connectivity index (χ0n) is 11.8. The molecule has 1 heterocycles. The molecule has 1 nitrogen and oxygen atoms in total. The molecule has 0 amide bonds. The van der Waals surface area contributed by atoms with E-state index >= 15 is 0 Å². The number of hydrogen-bond acceptors (Lipinski definition) is 1. The van der Waals surface area contributed by atoms with E-state index in [9.17, 15) is 0 Å². The summed E-state index contributed by atoms with van der Waals surface area (Å²) in [7, 11) is 0. The van der Waals surface area contributed by atoms with Gasteiger partial charge in [-0.05, 0) is 35.2 Å². The lowest BCUT2D eigenvalue weighted by Gasteiger charge is -2.05. The zero-order valence-corrected chi connectivity index (χ0v) is 12.6. The van der Waals surface area contributed by atoms with Crippen LogP contribution in [0.3, 0.4) is 0 Å². The Labute approximate surface area is 132 Å². The Morgan fingerprint density at radius 3 is 1.81 bits per heavy atom. The van der Waals surface area contributed by atoms with Gasteiger partial charge in [0.05, 0.1) is 0 Å². The van der Waals surface area contributed by atoms with E-state index in [-0.39, 0.29) is 12.4 Å². The van der Waals surface area contributed by atoms with Gasteiger partial charge >= 0.3 is 0 Å². The van der Waals surface area contributed by atoms with Crippen molar-refractivity contribution < 1.29 is 0 Å². The van der Waals surface area contributed by atoms with E-state index in [1.54, 1.807) is 0 Å². The van der Waals surface area contributed by atoms with Crippen molar-refractivity contribution >= 4 is 12.4 Å². The Hall–Kier alpha value is -2.12. The maximum atomic E-state index is 4.48. The van der Waals surface area contributed by atoms with Crippen molar-refractivity contribution in [2.75, 3.05) is 0 Å². The summed E-state index contributed by atoms with van der Waals surface area (Å²) in [6, 6.07) is 25.3. The largest absolute Gasteiger partial charge is 0.261 e. The van der Waals surface area contributed by atoms with E-state index in [2.05, 4.69) is 71.7 Å². The number of hydrogen-bond donors (Lipinski definition) is 0. The van der Waals surface area contributed by atoms with Crippen molar-refractivity contribution in [3.63, 3.8) is 0 Å². The van der Waals surface area contributed by atoms with Gasteiger partial charge in [0.1, 0.15) is 0 Å². The molecular formula is C19H18ClN. The lowest BCUT2D eigenvalue weighted by molar-refractivity contribution is 1.04. The van der Waals surface area contributed by atoms with Crippen LogP contribution in [-0.2, 0) is 12.8 Å². The molecule has 21 heavy (non-hydrogen) atoms. The first-order chi connectivity index (χ1) is 9.90. The highest BCUT2D eigenvalue weighted by Crippen LogP contribution is 2.12. The van der Waals surface area contributed by atoms with Gasteiger partial charge in [-0.15, -0.1) is 12.4 Å². The van der Waals surface area contributed by atoms with Gasteiger partial charge in [-0.25, -0.2) is 0 Å². The number of aromatic nitrogens is 1. The summed E-state index contributed by atoms with van der Waals surface area (Å²) >= 11 is 0. The summed E-state index contributed by atoms with van der Waals surface area (Å²) in [5, 5.41) is 0. The molecule has 0 aliphatic carbocycles. The van der Waals surface area contributed by atoms with Crippen LogP contribution >= 0.6 is 12.4 Å². The number of pyridine rings is 1. The van der Waals surface area contributed by atoms with Gasteiger partial charge in [0, 0.05) is 18.3 Å². The summed E-state index contributed by atoms with van der Waals surface area (Å²) in [4.78, 5) is 4.48. The molecule has 0 fully saturated rings. The molecule has 106 valence electrons. The summed E-state index contributed by atoms with van der Waals surface area (Å²) in [5.74, 6) is 0. The first-order valence-corrected chi connectivity index (χ1v) is 6.92. The number of rotatable bonds is 4. The van der Waals surface area contributed by atoms with Crippen molar-refractivity contribution in [3.8, 4) is 0 Å². The Bertz CT molecular complexity index is 609. The van der Waals surface area contributed by atoms with Crippen molar-refractivity contribution in [1.82, 2.24) is 4.98 Å². The molecule has 0 spiro atoms. The van der Waals surface area contributed by atoms with Gasteiger partial charge in [0.15, 0.2) is 0 Å². The van der Waals surface area contributed by atoms with E-state index in [4.69, 9.17) is 0 Å². The molecule has 3 aromatic rings. The second-order valence-electron chi connectivity index (χ2n) is 4.98. The topological polar surface area (TPSA) is 12.9 Å². The van der Waals surface area contributed by atoms with E-state index < -0.39 is 0 Å². The first kappa shape index (κ1) is 15.3. The third-order valence-electron chi connectivity index (χ3n) is 3.36. The third-order valence-corrected chi connectivity index (χ3v) is 3.36. The monoisotopic (exact) mass is 295 g/mol. The van der Waals surface area contributed by atoms with Crippen LogP contribution in [0, 0.1) is 0 Å². The lowest BCUT2D eigenvalue weighted by atomic mass is 10.0. The molecule has 0 radical (unpaired) electrons. The molecule has 0 atom stereocenters. The fraction of sp³-hybridized carbons (Fsp3) is 0.105. The average Bonchev–Trinajstić information content (AvgIpc) is 2.50.